The number of rotatable bonds is 8. The zero-order valence-electron chi connectivity index (χ0n) is 14.4. The number of aromatic nitrogens is 3. The molecule has 0 spiro atoms. The van der Waals surface area contributed by atoms with Crippen LogP contribution >= 0.6 is 0 Å². The standard InChI is InChI=1S/C13H27N7O2S/c1-6-11-18-17-10-20(11)8-7-15-12(14-4)16-9-13(2,3)19-23(5,21)22/h10,19H,6-9H2,1-5H3,(H2,14,15,16). The zero-order chi connectivity index (χ0) is 17.5. The monoisotopic (exact) mass is 345 g/mol. The van der Waals surface area contributed by atoms with E-state index in [0.29, 0.717) is 19.0 Å². The van der Waals surface area contributed by atoms with E-state index in [1.54, 1.807) is 27.2 Å². The molecule has 0 amide bonds. The van der Waals surface area contributed by atoms with Crippen molar-refractivity contribution in [1.29, 1.82) is 0 Å². The summed E-state index contributed by atoms with van der Waals surface area (Å²) < 4.78 is 27.2. The normalized spacial score (nSPS) is 13.2. The largest absolute Gasteiger partial charge is 0.355 e. The van der Waals surface area contributed by atoms with Gasteiger partial charge in [0.25, 0.3) is 0 Å². The van der Waals surface area contributed by atoms with E-state index in [4.69, 9.17) is 0 Å². The molecule has 0 aliphatic carbocycles. The first kappa shape index (κ1) is 19.4. The second kappa shape index (κ2) is 8.25. The molecule has 0 atom stereocenters. The van der Waals surface area contributed by atoms with Gasteiger partial charge >= 0.3 is 0 Å². The number of sulfonamides is 1. The molecule has 1 aromatic heterocycles. The van der Waals surface area contributed by atoms with E-state index < -0.39 is 15.6 Å². The molecule has 3 N–H and O–H groups in total. The first-order chi connectivity index (χ1) is 10.7. The molecule has 0 saturated heterocycles. The van der Waals surface area contributed by atoms with E-state index in [0.717, 1.165) is 25.0 Å². The van der Waals surface area contributed by atoms with E-state index in [-0.39, 0.29) is 0 Å². The summed E-state index contributed by atoms with van der Waals surface area (Å²) in [4.78, 5) is 4.13. The summed E-state index contributed by atoms with van der Waals surface area (Å²) in [6, 6.07) is 0. The van der Waals surface area contributed by atoms with Crippen molar-refractivity contribution in [3.05, 3.63) is 12.2 Å². The van der Waals surface area contributed by atoms with Crippen LogP contribution in [0.5, 0.6) is 0 Å². The van der Waals surface area contributed by atoms with Gasteiger partial charge in [-0.05, 0) is 13.8 Å². The molecule has 0 saturated carbocycles. The van der Waals surface area contributed by atoms with Crippen molar-refractivity contribution in [3.63, 3.8) is 0 Å². The van der Waals surface area contributed by atoms with E-state index >= 15 is 0 Å². The predicted octanol–water partition coefficient (Wildman–Crippen LogP) is -0.667. The Morgan fingerprint density at radius 3 is 2.65 bits per heavy atom. The van der Waals surface area contributed by atoms with Crippen LogP contribution < -0.4 is 15.4 Å². The molecule has 0 aliphatic heterocycles. The van der Waals surface area contributed by atoms with Gasteiger partial charge in [0.15, 0.2) is 5.96 Å². The molecular formula is C13H27N7O2S. The second-order valence-electron chi connectivity index (χ2n) is 5.90. The summed E-state index contributed by atoms with van der Waals surface area (Å²) >= 11 is 0. The third-order valence-corrected chi connectivity index (χ3v) is 3.96. The minimum atomic E-state index is -3.26. The molecule has 0 fully saturated rings. The first-order valence-electron chi connectivity index (χ1n) is 7.47. The highest BCUT2D eigenvalue weighted by Crippen LogP contribution is 2.01. The Hall–Kier alpha value is -1.68. The van der Waals surface area contributed by atoms with Gasteiger partial charge in [0.1, 0.15) is 12.2 Å². The lowest BCUT2D eigenvalue weighted by atomic mass is 10.1. The highest BCUT2D eigenvalue weighted by atomic mass is 32.2. The summed E-state index contributed by atoms with van der Waals surface area (Å²) in [6.45, 7) is 7.43. The lowest BCUT2D eigenvalue weighted by molar-refractivity contribution is 0.446. The van der Waals surface area contributed by atoms with Crippen molar-refractivity contribution >= 4 is 16.0 Å². The van der Waals surface area contributed by atoms with Crippen LogP contribution in [0.25, 0.3) is 0 Å². The average Bonchev–Trinajstić information content (AvgIpc) is 2.87. The molecule has 1 rings (SSSR count). The molecule has 0 radical (unpaired) electrons. The Labute approximate surface area is 138 Å². The van der Waals surface area contributed by atoms with Gasteiger partial charge in [0.2, 0.25) is 10.0 Å². The lowest BCUT2D eigenvalue weighted by Crippen LogP contribution is -2.53. The van der Waals surface area contributed by atoms with Crippen molar-refractivity contribution in [2.45, 2.75) is 39.3 Å². The number of hydrogen-bond acceptors (Lipinski definition) is 5. The van der Waals surface area contributed by atoms with Crippen LogP contribution in [-0.2, 0) is 23.0 Å². The molecular weight excluding hydrogens is 318 g/mol. The Kier molecular flexibility index (Phi) is 6.95. The molecule has 0 aliphatic rings. The number of nitrogens with one attached hydrogen (secondary N) is 3. The Morgan fingerprint density at radius 2 is 2.09 bits per heavy atom. The van der Waals surface area contributed by atoms with Crippen LogP contribution in [0, 0.1) is 0 Å². The second-order valence-corrected chi connectivity index (χ2v) is 7.65. The van der Waals surface area contributed by atoms with Crippen LogP contribution in [0.2, 0.25) is 0 Å². The third kappa shape index (κ3) is 7.42. The van der Waals surface area contributed by atoms with Gasteiger partial charge in [-0.25, -0.2) is 13.1 Å². The SMILES string of the molecule is CCc1nncn1CCNC(=NC)NCC(C)(C)NS(C)(=O)=O. The van der Waals surface area contributed by atoms with E-state index in [9.17, 15) is 8.42 Å². The number of aryl methyl sites for hydroxylation is 1. The summed E-state index contributed by atoms with van der Waals surface area (Å²) in [6.07, 6.45) is 3.68. The molecule has 0 bridgehead atoms. The van der Waals surface area contributed by atoms with Crippen LogP contribution in [0.3, 0.4) is 0 Å². The van der Waals surface area contributed by atoms with Gasteiger partial charge in [-0.3, -0.25) is 4.99 Å². The Morgan fingerprint density at radius 1 is 1.39 bits per heavy atom. The highest BCUT2D eigenvalue weighted by molar-refractivity contribution is 7.88. The van der Waals surface area contributed by atoms with Gasteiger partial charge < -0.3 is 15.2 Å². The summed E-state index contributed by atoms with van der Waals surface area (Å²) in [5.74, 6) is 1.55. The van der Waals surface area contributed by atoms with Crippen molar-refractivity contribution in [1.82, 2.24) is 30.1 Å². The van der Waals surface area contributed by atoms with Crippen molar-refractivity contribution < 1.29 is 8.42 Å². The highest BCUT2D eigenvalue weighted by Gasteiger charge is 2.22. The molecule has 9 nitrogen and oxygen atoms in total. The van der Waals surface area contributed by atoms with Gasteiger partial charge in [-0.2, -0.15) is 0 Å². The molecule has 1 aromatic rings. The van der Waals surface area contributed by atoms with Gasteiger partial charge in [0.05, 0.1) is 6.26 Å². The number of nitrogens with zero attached hydrogens (tertiary/aromatic N) is 4. The minimum Gasteiger partial charge on any atom is -0.355 e. The van der Waals surface area contributed by atoms with E-state index in [1.807, 2.05) is 11.5 Å². The van der Waals surface area contributed by atoms with Crippen LogP contribution in [-0.4, -0.2) is 61.1 Å². The predicted molar refractivity (Wildman–Crippen MR) is 90.8 cm³/mol. The summed E-state index contributed by atoms with van der Waals surface area (Å²) in [5, 5.41) is 14.2. The van der Waals surface area contributed by atoms with Gasteiger partial charge in [-0.15, -0.1) is 10.2 Å². The van der Waals surface area contributed by atoms with Crippen molar-refractivity contribution in [2.75, 3.05) is 26.4 Å². The molecule has 132 valence electrons. The van der Waals surface area contributed by atoms with Crippen LogP contribution in [0.4, 0.5) is 0 Å². The van der Waals surface area contributed by atoms with E-state index in [1.165, 1.54) is 0 Å². The summed E-state index contributed by atoms with van der Waals surface area (Å²) in [5.41, 5.74) is -0.616. The Bertz CT molecular complexity index is 622. The molecule has 23 heavy (non-hydrogen) atoms. The minimum absolute atomic E-state index is 0.409. The average molecular weight is 345 g/mol. The summed E-state index contributed by atoms with van der Waals surface area (Å²) in [7, 11) is -1.59. The fraction of sp³-hybridized carbons (Fsp3) is 0.769. The maximum Gasteiger partial charge on any atom is 0.209 e. The van der Waals surface area contributed by atoms with Crippen molar-refractivity contribution in [2.24, 2.45) is 4.99 Å². The fourth-order valence-corrected chi connectivity index (χ4v) is 3.17. The van der Waals surface area contributed by atoms with Gasteiger partial charge in [0, 0.05) is 38.6 Å². The van der Waals surface area contributed by atoms with Crippen molar-refractivity contribution in [3.8, 4) is 0 Å². The molecule has 1 heterocycles. The maximum absolute atomic E-state index is 11.3. The first-order valence-corrected chi connectivity index (χ1v) is 9.36. The molecule has 10 heteroatoms. The van der Waals surface area contributed by atoms with Crippen LogP contribution in [0.1, 0.15) is 26.6 Å². The molecule has 0 aromatic carbocycles. The third-order valence-electron chi connectivity index (χ3n) is 3.04. The Balaban J connectivity index is 2.43. The smallest absolute Gasteiger partial charge is 0.209 e. The topological polar surface area (TPSA) is 113 Å². The van der Waals surface area contributed by atoms with E-state index in [2.05, 4.69) is 30.5 Å². The van der Waals surface area contributed by atoms with Crippen LogP contribution in [0.15, 0.2) is 11.3 Å². The zero-order valence-corrected chi connectivity index (χ0v) is 15.2. The number of aliphatic imine (C=N–C) groups is 1. The quantitative estimate of drug-likeness (QED) is 0.425. The fourth-order valence-electron chi connectivity index (χ4n) is 2.10. The number of guanidine groups is 1. The lowest BCUT2D eigenvalue weighted by Gasteiger charge is -2.26. The number of hydrogen-bond donors (Lipinski definition) is 3. The van der Waals surface area contributed by atoms with Gasteiger partial charge in [-0.1, -0.05) is 6.92 Å². The maximum atomic E-state index is 11.3. The molecule has 0 unspecified atom stereocenters.